The standard InChI is InChI=1S/C10H14N2.C8H8O3/c1-12-7-3-5-10(12)9-4-2-6-11-8-9;9-7(8(10)11)6-4-2-1-3-5-6/h2,4,6,8,10H,3,5,7H2,1H3;1-5,7,9H,(H,10,11)/t10-;/m0./s1. The monoisotopic (exact) mass is 314 g/mol. The molecule has 0 saturated carbocycles. The van der Waals surface area contributed by atoms with Crippen LogP contribution >= 0.6 is 0 Å². The molecule has 1 unspecified atom stereocenters. The molecule has 122 valence electrons. The Bertz CT molecular complexity index is 604. The number of likely N-dealkylation sites (tertiary alicyclic amines) is 1. The van der Waals surface area contributed by atoms with Crippen molar-refractivity contribution in [3.63, 3.8) is 0 Å². The van der Waals surface area contributed by atoms with Gasteiger partial charge in [-0.05, 0) is 43.6 Å². The van der Waals surface area contributed by atoms with Crippen LogP contribution in [0.3, 0.4) is 0 Å². The Balaban J connectivity index is 0.000000168. The third kappa shape index (κ3) is 4.87. The van der Waals surface area contributed by atoms with Gasteiger partial charge in [-0.2, -0.15) is 0 Å². The first kappa shape index (κ1) is 17.1. The Morgan fingerprint density at radius 2 is 2.00 bits per heavy atom. The van der Waals surface area contributed by atoms with Crippen LogP contribution in [0.25, 0.3) is 0 Å². The lowest BCUT2D eigenvalue weighted by atomic mass is 10.1. The van der Waals surface area contributed by atoms with Gasteiger partial charge in [0.2, 0.25) is 0 Å². The van der Waals surface area contributed by atoms with Crippen molar-refractivity contribution >= 4 is 5.97 Å². The molecule has 0 amide bonds. The minimum atomic E-state index is -1.41. The zero-order chi connectivity index (χ0) is 16.7. The number of carboxylic acid groups (broad SMARTS) is 1. The van der Waals surface area contributed by atoms with Gasteiger partial charge in [-0.3, -0.25) is 9.88 Å². The van der Waals surface area contributed by atoms with Crippen molar-refractivity contribution in [3.05, 3.63) is 66.0 Å². The zero-order valence-electron chi connectivity index (χ0n) is 13.2. The van der Waals surface area contributed by atoms with Crippen LogP contribution in [0, 0.1) is 0 Å². The van der Waals surface area contributed by atoms with Crippen molar-refractivity contribution in [2.75, 3.05) is 13.6 Å². The van der Waals surface area contributed by atoms with E-state index in [0.29, 0.717) is 11.6 Å². The van der Waals surface area contributed by atoms with Gasteiger partial charge in [-0.1, -0.05) is 36.4 Å². The Morgan fingerprint density at radius 3 is 2.52 bits per heavy atom. The van der Waals surface area contributed by atoms with Crippen LogP contribution in [-0.2, 0) is 4.79 Å². The van der Waals surface area contributed by atoms with Crippen LogP contribution in [-0.4, -0.2) is 39.7 Å². The van der Waals surface area contributed by atoms with Gasteiger partial charge in [0.15, 0.2) is 6.10 Å². The molecule has 1 saturated heterocycles. The number of aromatic nitrogens is 1. The lowest BCUT2D eigenvalue weighted by Crippen LogP contribution is -2.17. The highest BCUT2D eigenvalue weighted by Gasteiger charge is 2.22. The molecular formula is C18H22N2O3. The number of carboxylic acids is 1. The number of benzene rings is 1. The van der Waals surface area contributed by atoms with Crippen LogP contribution < -0.4 is 0 Å². The van der Waals surface area contributed by atoms with E-state index >= 15 is 0 Å². The molecule has 0 spiro atoms. The van der Waals surface area contributed by atoms with Crippen molar-refractivity contribution in [1.82, 2.24) is 9.88 Å². The van der Waals surface area contributed by atoms with E-state index in [1.807, 2.05) is 18.5 Å². The molecule has 2 N–H and O–H groups in total. The highest BCUT2D eigenvalue weighted by atomic mass is 16.4. The fourth-order valence-electron chi connectivity index (χ4n) is 2.68. The van der Waals surface area contributed by atoms with Crippen LogP contribution in [0.5, 0.6) is 0 Å². The Labute approximate surface area is 136 Å². The second-order valence-corrected chi connectivity index (χ2v) is 5.58. The fourth-order valence-corrected chi connectivity index (χ4v) is 2.68. The smallest absolute Gasteiger partial charge is 0.337 e. The van der Waals surface area contributed by atoms with Crippen LogP contribution in [0.15, 0.2) is 54.9 Å². The quantitative estimate of drug-likeness (QED) is 0.911. The molecule has 1 fully saturated rings. The average molecular weight is 314 g/mol. The molecule has 1 aliphatic heterocycles. The minimum Gasteiger partial charge on any atom is -0.479 e. The van der Waals surface area contributed by atoms with Gasteiger partial charge >= 0.3 is 5.97 Å². The summed E-state index contributed by atoms with van der Waals surface area (Å²) < 4.78 is 0. The molecule has 2 atom stereocenters. The number of aliphatic hydroxyl groups excluding tert-OH is 1. The lowest BCUT2D eigenvalue weighted by molar-refractivity contribution is -0.146. The predicted octanol–water partition coefficient (Wildman–Crippen LogP) is 2.65. The summed E-state index contributed by atoms with van der Waals surface area (Å²) in [6, 6.07) is 13.1. The molecule has 0 aliphatic carbocycles. The Hall–Kier alpha value is -2.24. The van der Waals surface area contributed by atoms with E-state index < -0.39 is 12.1 Å². The molecule has 0 bridgehead atoms. The molecule has 3 rings (SSSR count). The van der Waals surface area contributed by atoms with Crippen molar-refractivity contribution in [2.45, 2.75) is 25.0 Å². The van der Waals surface area contributed by atoms with E-state index in [2.05, 4.69) is 23.0 Å². The Morgan fingerprint density at radius 1 is 1.26 bits per heavy atom. The molecule has 2 aromatic rings. The third-order valence-electron chi connectivity index (χ3n) is 3.94. The summed E-state index contributed by atoms with van der Waals surface area (Å²) in [7, 11) is 2.19. The van der Waals surface area contributed by atoms with E-state index in [4.69, 9.17) is 10.2 Å². The van der Waals surface area contributed by atoms with Gasteiger partial charge in [-0.25, -0.2) is 4.79 Å². The van der Waals surface area contributed by atoms with Gasteiger partial charge in [0.1, 0.15) is 0 Å². The maximum Gasteiger partial charge on any atom is 0.337 e. The summed E-state index contributed by atoms with van der Waals surface area (Å²) in [5.74, 6) is -1.23. The van der Waals surface area contributed by atoms with E-state index in [1.54, 1.807) is 30.3 Å². The first-order valence-electron chi connectivity index (χ1n) is 7.65. The first-order chi connectivity index (χ1) is 11.1. The summed E-state index contributed by atoms with van der Waals surface area (Å²) in [6.45, 7) is 1.22. The molecule has 1 aromatic heterocycles. The number of carbonyl (C=O) groups is 1. The van der Waals surface area contributed by atoms with E-state index in [9.17, 15) is 4.79 Å². The number of hydrogen-bond acceptors (Lipinski definition) is 4. The normalized spacial score (nSPS) is 18.8. The molecule has 5 heteroatoms. The number of hydrogen-bond donors (Lipinski definition) is 2. The third-order valence-corrected chi connectivity index (χ3v) is 3.94. The summed E-state index contributed by atoms with van der Waals surface area (Å²) in [4.78, 5) is 16.8. The fraction of sp³-hybridized carbons (Fsp3) is 0.333. The minimum absolute atomic E-state index is 0.403. The number of aliphatic hydroxyl groups is 1. The molecule has 1 aromatic carbocycles. The summed E-state index contributed by atoms with van der Waals surface area (Å²) in [6.07, 6.45) is 5.00. The number of pyridine rings is 1. The second-order valence-electron chi connectivity index (χ2n) is 5.58. The Kier molecular flexibility index (Phi) is 6.26. The molecule has 0 radical (unpaired) electrons. The summed E-state index contributed by atoms with van der Waals surface area (Å²) >= 11 is 0. The lowest BCUT2D eigenvalue weighted by Gasteiger charge is -2.18. The van der Waals surface area contributed by atoms with Crippen LogP contribution in [0.1, 0.15) is 36.1 Å². The highest BCUT2D eigenvalue weighted by Crippen LogP contribution is 2.29. The predicted molar refractivity (Wildman–Crippen MR) is 87.9 cm³/mol. The molecule has 1 aliphatic rings. The van der Waals surface area contributed by atoms with E-state index in [-0.39, 0.29) is 0 Å². The molecular weight excluding hydrogens is 292 g/mol. The zero-order valence-corrected chi connectivity index (χ0v) is 13.2. The molecule has 5 nitrogen and oxygen atoms in total. The SMILES string of the molecule is CN1CCC[C@H]1c1cccnc1.O=C(O)C(O)c1ccccc1. The largest absolute Gasteiger partial charge is 0.479 e. The number of aliphatic carboxylic acids is 1. The maximum atomic E-state index is 10.2. The van der Waals surface area contributed by atoms with E-state index in [1.165, 1.54) is 24.9 Å². The first-order valence-corrected chi connectivity index (χ1v) is 7.65. The molecule has 2 heterocycles. The van der Waals surface area contributed by atoms with Gasteiger partial charge in [0.05, 0.1) is 0 Å². The van der Waals surface area contributed by atoms with Gasteiger partial charge in [0, 0.05) is 18.4 Å². The highest BCUT2D eigenvalue weighted by molar-refractivity contribution is 5.73. The van der Waals surface area contributed by atoms with Crippen molar-refractivity contribution in [2.24, 2.45) is 0 Å². The van der Waals surface area contributed by atoms with Crippen molar-refractivity contribution in [1.29, 1.82) is 0 Å². The van der Waals surface area contributed by atoms with Gasteiger partial charge < -0.3 is 10.2 Å². The summed E-state index contributed by atoms with van der Waals surface area (Å²) in [5, 5.41) is 17.4. The van der Waals surface area contributed by atoms with Gasteiger partial charge in [0.25, 0.3) is 0 Å². The maximum absolute atomic E-state index is 10.2. The van der Waals surface area contributed by atoms with Gasteiger partial charge in [-0.15, -0.1) is 0 Å². The number of nitrogens with zero attached hydrogens (tertiary/aromatic N) is 2. The van der Waals surface area contributed by atoms with Crippen LogP contribution in [0.2, 0.25) is 0 Å². The average Bonchev–Trinajstić information content (AvgIpc) is 3.02. The van der Waals surface area contributed by atoms with Crippen molar-refractivity contribution < 1.29 is 15.0 Å². The second kappa shape index (κ2) is 8.41. The van der Waals surface area contributed by atoms with E-state index in [0.717, 1.165) is 0 Å². The van der Waals surface area contributed by atoms with Crippen LogP contribution in [0.4, 0.5) is 0 Å². The summed E-state index contributed by atoms with van der Waals surface area (Å²) in [5.41, 5.74) is 1.76. The number of rotatable bonds is 3. The topological polar surface area (TPSA) is 73.7 Å². The van der Waals surface area contributed by atoms with Crippen molar-refractivity contribution in [3.8, 4) is 0 Å². The molecule has 23 heavy (non-hydrogen) atoms.